The third-order valence-electron chi connectivity index (χ3n) is 2.38. The molecule has 0 amide bonds. The molecule has 0 aromatic rings. The smallest absolute Gasteiger partial charge is 0.317 e. The summed E-state index contributed by atoms with van der Waals surface area (Å²) >= 11 is 0. The highest BCUT2D eigenvalue weighted by molar-refractivity contribution is 8.31. The maximum atomic E-state index is 11.3. The van der Waals surface area contributed by atoms with Crippen LogP contribution in [0, 0.1) is 5.92 Å². The van der Waals surface area contributed by atoms with Crippen LogP contribution in [-0.4, -0.2) is 46.8 Å². The number of hydrogen-bond donors (Lipinski definition) is 0. The van der Waals surface area contributed by atoms with Crippen LogP contribution in [0.2, 0.25) is 0 Å². The summed E-state index contributed by atoms with van der Waals surface area (Å²) < 4.78 is 46.3. The Labute approximate surface area is 131 Å². The lowest BCUT2D eigenvalue weighted by Crippen LogP contribution is -2.38. The first-order chi connectivity index (χ1) is 8.95. The minimum Gasteiger partial charge on any atom is -0.466 e. The summed E-state index contributed by atoms with van der Waals surface area (Å²) in [5, 5.41) is 0. The molecule has 0 saturated carbocycles. The summed E-state index contributed by atoms with van der Waals surface area (Å²) in [6, 6.07) is 0. The zero-order valence-corrected chi connectivity index (χ0v) is 14.4. The van der Waals surface area contributed by atoms with Gasteiger partial charge in [-0.3, -0.25) is 4.79 Å². The third-order valence-corrected chi connectivity index (χ3v) is 3.95. The van der Waals surface area contributed by atoms with E-state index in [0.717, 1.165) is 0 Å². The molecule has 1 fully saturated rings. The minimum absolute atomic E-state index is 0.195. The average molecular weight is 391 g/mol. The maximum Gasteiger partial charge on any atom is 0.317 e. The van der Waals surface area contributed by atoms with Gasteiger partial charge in [0.1, 0.15) is 0 Å². The zero-order chi connectivity index (χ0) is 16.0. The molecular formula is C8H14Cl3NO6S2. The first-order valence-electron chi connectivity index (χ1n) is 5.45. The Kier molecular flexibility index (Phi) is 8.68. The lowest BCUT2D eigenvalue weighted by Gasteiger charge is -2.27. The van der Waals surface area contributed by atoms with E-state index in [9.17, 15) is 13.2 Å². The largest absolute Gasteiger partial charge is 0.466 e. The molecule has 12 heteroatoms. The average Bonchev–Trinajstić information content (AvgIpc) is 2.26. The molecule has 0 radical (unpaired) electrons. The van der Waals surface area contributed by atoms with Gasteiger partial charge < -0.3 is 4.74 Å². The third kappa shape index (κ3) is 10.0. The molecule has 0 N–H and O–H groups in total. The number of hydrogen-bond acceptors (Lipinski definition) is 6. The Bertz CT molecular complexity index is 504. The summed E-state index contributed by atoms with van der Waals surface area (Å²) in [6.07, 6.45) is 0.954. The van der Waals surface area contributed by atoms with E-state index in [-0.39, 0.29) is 25.0 Å². The van der Waals surface area contributed by atoms with E-state index in [4.69, 9.17) is 23.8 Å². The monoisotopic (exact) mass is 389 g/mol. The van der Waals surface area contributed by atoms with E-state index in [1.807, 2.05) is 0 Å². The van der Waals surface area contributed by atoms with E-state index in [1.54, 1.807) is 6.92 Å². The maximum absolute atomic E-state index is 11.3. The second-order valence-electron chi connectivity index (χ2n) is 3.75. The number of carbonyl (C=O) groups excluding carboxylic acids is 1. The van der Waals surface area contributed by atoms with Crippen LogP contribution in [0.15, 0.2) is 0 Å². The van der Waals surface area contributed by atoms with Gasteiger partial charge in [-0.15, -0.1) is 0 Å². The molecule has 0 aromatic carbocycles. The quantitative estimate of drug-likeness (QED) is 0.534. The van der Waals surface area contributed by atoms with Gasteiger partial charge in [0, 0.05) is 45.1 Å². The lowest BCUT2D eigenvalue weighted by atomic mass is 9.98. The number of piperidine rings is 1. The number of rotatable bonds is 3. The van der Waals surface area contributed by atoms with Crippen molar-refractivity contribution in [3.63, 3.8) is 0 Å². The van der Waals surface area contributed by atoms with Crippen LogP contribution in [0.4, 0.5) is 0 Å². The van der Waals surface area contributed by atoms with Crippen molar-refractivity contribution in [2.45, 2.75) is 19.8 Å². The molecule has 0 unspecified atom stereocenters. The highest BCUT2D eigenvalue weighted by Gasteiger charge is 2.30. The van der Waals surface area contributed by atoms with Crippen LogP contribution in [0.1, 0.15) is 19.8 Å². The molecule has 1 heterocycles. The molecular weight excluding hydrogens is 377 g/mol. The van der Waals surface area contributed by atoms with Crippen LogP contribution in [0.25, 0.3) is 0 Å². The zero-order valence-electron chi connectivity index (χ0n) is 10.5. The number of nitrogens with zero attached hydrogens (tertiary/aromatic N) is 1. The fourth-order valence-electron chi connectivity index (χ4n) is 1.57. The Morgan fingerprint density at radius 3 is 1.85 bits per heavy atom. The van der Waals surface area contributed by atoms with Crippen LogP contribution >= 0.6 is 32.0 Å². The molecule has 120 valence electrons. The van der Waals surface area contributed by atoms with Crippen molar-refractivity contribution in [1.82, 2.24) is 4.31 Å². The number of esters is 1. The molecule has 1 rings (SSSR count). The molecule has 1 aliphatic heterocycles. The van der Waals surface area contributed by atoms with Crippen LogP contribution in [-0.2, 0) is 27.0 Å². The fraction of sp³-hybridized carbons (Fsp3) is 0.875. The van der Waals surface area contributed by atoms with E-state index >= 15 is 0 Å². The van der Waals surface area contributed by atoms with Gasteiger partial charge in [0.2, 0.25) is 0 Å². The van der Waals surface area contributed by atoms with Crippen molar-refractivity contribution in [2.24, 2.45) is 5.92 Å². The van der Waals surface area contributed by atoms with Crippen molar-refractivity contribution in [3.05, 3.63) is 0 Å². The predicted octanol–water partition coefficient (Wildman–Crippen LogP) is 1.45. The summed E-state index contributed by atoms with van der Waals surface area (Å²) in [4.78, 5) is 11.3. The lowest BCUT2D eigenvalue weighted by molar-refractivity contribution is -0.149. The molecule has 0 bridgehead atoms. The Balaban J connectivity index is 0.000000621. The van der Waals surface area contributed by atoms with Crippen molar-refractivity contribution >= 4 is 55.5 Å². The van der Waals surface area contributed by atoms with Crippen LogP contribution < -0.4 is 0 Å². The second kappa shape index (κ2) is 8.60. The summed E-state index contributed by atoms with van der Waals surface area (Å²) in [5.74, 6) is -0.441. The molecule has 0 spiro atoms. The van der Waals surface area contributed by atoms with Crippen molar-refractivity contribution in [3.8, 4) is 0 Å². The van der Waals surface area contributed by atoms with Gasteiger partial charge in [0.25, 0.3) is 9.24 Å². The topological polar surface area (TPSA) is 97.8 Å². The van der Waals surface area contributed by atoms with Gasteiger partial charge in [0.15, 0.2) is 0 Å². The van der Waals surface area contributed by atoms with Gasteiger partial charge in [-0.25, -0.2) is 0 Å². The molecule has 0 aromatic heterocycles. The molecule has 1 saturated heterocycles. The van der Waals surface area contributed by atoms with Gasteiger partial charge in [-0.1, -0.05) is 0 Å². The Morgan fingerprint density at radius 1 is 1.15 bits per heavy atom. The van der Waals surface area contributed by atoms with Gasteiger partial charge >= 0.3 is 14.2 Å². The summed E-state index contributed by atoms with van der Waals surface area (Å²) in [7, 11) is 6.36. The first-order valence-corrected chi connectivity index (χ1v) is 10.9. The van der Waals surface area contributed by atoms with Gasteiger partial charge in [-0.05, 0) is 19.8 Å². The first kappa shape index (κ1) is 20.2. The highest BCUT2D eigenvalue weighted by atomic mass is 36.0. The predicted molar refractivity (Wildman–Crippen MR) is 76.3 cm³/mol. The molecule has 0 aliphatic carbocycles. The van der Waals surface area contributed by atoms with Gasteiger partial charge in [-0.2, -0.15) is 21.1 Å². The number of ether oxygens (including phenoxy) is 1. The van der Waals surface area contributed by atoms with Crippen LogP contribution in [0.5, 0.6) is 0 Å². The van der Waals surface area contributed by atoms with Crippen molar-refractivity contribution in [1.29, 1.82) is 0 Å². The Morgan fingerprint density at radius 2 is 1.55 bits per heavy atom. The molecule has 0 atom stereocenters. The Hall–Kier alpha value is 0.200. The van der Waals surface area contributed by atoms with Gasteiger partial charge in [0.05, 0.1) is 12.5 Å². The van der Waals surface area contributed by atoms with E-state index < -0.39 is 17.5 Å². The SMILES string of the molecule is CCOC(=O)C1CCN(S(=O)(=O)Cl)CC1.O=S(=O)(Cl)Cl. The van der Waals surface area contributed by atoms with Crippen molar-refractivity contribution < 1.29 is 26.4 Å². The minimum atomic E-state index is -3.72. The standard InChI is InChI=1S/C8H14ClNO4S.Cl2O2S/c1-2-14-8(11)7-3-5-10(6-4-7)15(9,12)13;1-5(2,3)4/h7H,2-6H2,1H3;. The summed E-state index contributed by atoms with van der Waals surface area (Å²) in [6.45, 7) is 2.67. The van der Waals surface area contributed by atoms with E-state index in [0.29, 0.717) is 19.4 Å². The van der Waals surface area contributed by atoms with E-state index in [2.05, 4.69) is 21.4 Å². The normalized spacial score (nSPS) is 18.0. The highest BCUT2D eigenvalue weighted by Crippen LogP contribution is 2.22. The number of carbonyl (C=O) groups is 1. The van der Waals surface area contributed by atoms with Crippen molar-refractivity contribution in [2.75, 3.05) is 19.7 Å². The fourth-order valence-corrected chi connectivity index (χ4v) is 2.63. The molecule has 7 nitrogen and oxygen atoms in total. The number of halogens is 3. The van der Waals surface area contributed by atoms with Crippen LogP contribution in [0.3, 0.4) is 0 Å². The molecule has 20 heavy (non-hydrogen) atoms. The second-order valence-corrected chi connectivity index (χ2v) is 9.92. The van der Waals surface area contributed by atoms with E-state index in [1.165, 1.54) is 4.31 Å². The summed E-state index contributed by atoms with van der Waals surface area (Å²) in [5.41, 5.74) is 0. The molecule has 1 aliphatic rings.